The molecule has 0 aromatic heterocycles. The zero-order chi connectivity index (χ0) is 18.2. The van der Waals surface area contributed by atoms with Gasteiger partial charge in [-0.15, -0.1) is 0 Å². The normalized spacial score (nSPS) is 27.6. The first-order chi connectivity index (χ1) is 11.8. The number of hydrogen-bond acceptors (Lipinski definition) is 4. The molecule has 0 spiro atoms. The molecule has 3 atom stereocenters. The van der Waals surface area contributed by atoms with E-state index in [9.17, 15) is 15.0 Å². The van der Waals surface area contributed by atoms with E-state index in [-0.39, 0.29) is 34.7 Å². The zero-order valence-corrected chi connectivity index (χ0v) is 15.5. The topological polar surface area (TPSA) is 72.8 Å². The van der Waals surface area contributed by atoms with Crippen LogP contribution in [0.2, 0.25) is 0 Å². The molecule has 0 radical (unpaired) electrons. The molecule has 1 aromatic rings. The van der Waals surface area contributed by atoms with Gasteiger partial charge in [0.2, 0.25) is 0 Å². The minimum absolute atomic E-state index is 0.0194. The molecule has 0 unspecified atom stereocenters. The molecule has 1 aliphatic carbocycles. The molecule has 25 heavy (non-hydrogen) atoms. The molecule has 1 saturated carbocycles. The molecular weight excluding hydrogens is 316 g/mol. The predicted octanol–water partition coefficient (Wildman–Crippen LogP) is 2.41. The average molecular weight is 346 g/mol. The van der Waals surface area contributed by atoms with Crippen LogP contribution in [-0.2, 0) is 5.41 Å². The van der Waals surface area contributed by atoms with Crippen LogP contribution in [0.5, 0.6) is 5.75 Å². The Kier molecular flexibility index (Phi) is 5.07. The third-order valence-electron chi connectivity index (χ3n) is 5.61. The first kappa shape index (κ1) is 18.2. The summed E-state index contributed by atoms with van der Waals surface area (Å²) in [4.78, 5) is 15.0. The maximum atomic E-state index is 12.7. The number of aromatic hydroxyl groups is 1. The van der Waals surface area contributed by atoms with E-state index in [1.54, 1.807) is 12.1 Å². The first-order valence-corrected chi connectivity index (χ1v) is 9.34. The van der Waals surface area contributed by atoms with Crippen molar-refractivity contribution in [3.05, 3.63) is 29.3 Å². The van der Waals surface area contributed by atoms with Gasteiger partial charge >= 0.3 is 0 Å². The summed E-state index contributed by atoms with van der Waals surface area (Å²) in [6.45, 7) is 8.29. The highest BCUT2D eigenvalue weighted by molar-refractivity contribution is 5.97. The van der Waals surface area contributed by atoms with Gasteiger partial charge in [0, 0.05) is 6.04 Å². The maximum Gasteiger partial charge on any atom is 0.255 e. The zero-order valence-electron chi connectivity index (χ0n) is 15.5. The van der Waals surface area contributed by atoms with Crippen molar-refractivity contribution in [1.29, 1.82) is 0 Å². The van der Waals surface area contributed by atoms with Crippen molar-refractivity contribution < 1.29 is 15.0 Å². The largest absolute Gasteiger partial charge is 0.507 e. The number of hydrogen-bond donors (Lipinski definition) is 3. The number of rotatable bonds is 3. The quantitative estimate of drug-likeness (QED) is 0.786. The van der Waals surface area contributed by atoms with Gasteiger partial charge in [-0.25, -0.2) is 0 Å². The van der Waals surface area contributed by atoms with Gasteiger partial charge in [-0.05, 0) is 61.9 Å². The number of benzene rings is 1. The number of nitrogens with one attached hydrogen (secondary N) is 1. The van der Waals surface area contributed by atoms with Gasteiger partial charge in [0.1, 0.15) is 5.75 Å². The van der Waals surface area contributed by atoms with E-state index in [0.717, 1.165) is 31.5 Å². The molecule has 2 aliphatic rings. The number of aliphatic hydroxyl groups is 1. The van der Waals surface area contributed by atoms with Crippen LogP contribution in [0.3, 0.4) is 0 Å². The van der Waals surface area contributed by atoms with Gasteiger partial charge in [-0.3, -0.25) is 9.69 Å². The lowest BCUT2D eigenvalue weighted by atomic mass is 9.86. The SMILES string of the molecule is CC(C)(C)c1ccc(O)c(C(=O)N[C@@H]2CC[C@@H](N3CCCC3)[C@@H]2O)c1. The standard InChI is InChI=1S/C20H30N2O3/c1-20(2,3)13-6-9-17(23)14(12-13)19(25)21-15-7-8-16(18(15)24)22-10-4-5-11-22/h6,9,12,15-16,18,23-24H,4-5,7-8,10-11H2,1-3H3,(H,21,25)/t15-,16-,18-/m1/s1. The van der Waals surface area contributed by atoms with Gasteiger partial charge in [0.25, 0.3) is 5.91 Å². The Morgan fingerprint density at radius 2 is 1.88 bits per heavy atom. The lowest BCUT2D eigenvalue weighted by molar-refractivity contribution is 0.0618. The van der Waals surface area contributed by atoms with E-state index >= 15 is 0 Å². The Labute approximate surface area is 150 Å². The Morgan fingerprint density at radius 3 is 2.52 bits per heavy atom. The van der Waals surface area contributed by atoms with E-state index in [0.29, 0.717) is 0 Å². The number of carbonyl (C=O) groups is 1. The molecule has 138 valence electrons. The average Bonchev–Trinajstić information content (AvgIpc) is 3.17. The number of amides is 1. The number of aliphatic hydroxyl groups excluding tert-OH is 1. The van der Waals surface area contributed by atoms with Crippen molar-refractivity contribution in [3.63, 3.8) is 0 Å². The number of phenolic OH excluding ortho intramolecular Hbond substituents is 1. The van der Waals surface area contributed by atoms with Gasteiger partial charge in [-0.2, -0.15) is 0 Å². The van der Waals surface area contributed by atoms with Crippen molar-refractivity contribution in [2.24, 2.45) is 0 Å². The molecule has 3 N–H and O–H groups in total. The summed E-state index contributed by atoms with van der Waals surface area (Å²) in [5, 5.41) is 23.7. The highest BCUT2D eigenvalue weighted by atomic mass is 16.3. The van der Waals surface area contributed by atoms with E-state index in [4.69, 9.17) is 0 Å². The smallest absolute Gasteiger partial charge is 0.255 e. The number of likely N-dealkylation sites (tertiary alicyclic amines) is 1. The van der Waals surface area contributed by atoms with Crippen LogP contribution in [0.4, 0.5) is 0 Å². The molecule has 0 bridgehead atoms. The molecular formula is C20H30N2O3. The fraction of sp³-hybridized carbons (Fsp3) is 0.650. The molecule has 1 heterocycles. The van der Waals surface area contributed by atoms with Crippen molar-refractivity contribution in [1.82, 2.24) is 10.2 Å². The third-order valence-corrected chi connectivity index (χ3v) is 5.61. The fourth-order valence-corrected chi connectivity index (χ4v) is 4.02. The van der Waals surface area contributed by atoms with E-state index < -0.39 is 6.10 Å². The van der Waals surface area contributed by atoms with Gasteiger partial charge < -0.3 is 15.5 Å². The summed E-state index contributed by atoms with van der Waals surface area (Å²) in [5.41, 5.74) is 1.18. The molecule has 5 heteroatoms. The summed E-state index contributed by atoms with van der Waals surface area (Å²) in [7, 11) is 0. The summed E-state index contributed by atoms with van der Waals surface area (Å²) in [5.74, 6) is -0.330. The minimum atomic E-state index is -0.546. The summed E-state index contributed by atoms with van der Waals surface area (Å²) in [6, 6.07) is 5.07. The summed E-state index contributed by atoms with van der Waals surface area (Å²) < 4.78 is 0. The molecule has 1 aliphatic heterocycles. The molecule has 2 fully saturated rings. The van der Waals surface area contributed by atoms with Crippen molar-refractivity contribution in [3.8, 4) is 5.75 Å². The Hall–Kier alpha value is -1.59. The molecule has 1 saturated heterocycles. The number of nitrogens with zero attached hydrogens (tertiary/aromatic N) is 1. The van der Waals surface area contributed by atoms with Crippen LogP contribution >= 0.6 is 0 Å². The lowest BCUT2D eigenvalue weighted by Crippen LogP contribution is -2.47. The Balaban J connectivity index is 1.70. The summed E-state index contributed by atoms with van der Waals surface area (Å²) in [6.07, 6.45) is 3.50. The van der Waals surface area contributed by atoms with Gasteiger partial charge in [0.05, 0.1) is 17.7 Å². The second kappa shape index (κ2) is 6.96. The van der Waals surface area contributed by atoms with Crippen LogP contribution < -0.4 is 5.32 Å². The van der Waals surface area contributed by atoms with Crippen molar-refractivity contribution in [2.75, 3.05) is 13.1 Å². The highest BCUT2D eigenvalue weighted by Gasteiger charge is 2.39. The number of carbonyl (C=O) groups excluding carboxylic acids is 1. The summed E-state index contributed by atoms with van der Waals surface area (Å²) >= 11 is 0. The maximum absolute atomic E-state index is 12.7. The van der Waals surface area contributed by atoms with E-state index in [1.165, 1.54) is 12.8 Å². The Morgan fingerprint density at radius 1 is 1.20 bits per heavy atom. The van der Waals surface area contributed by atoms with Crippen LogP contribution in [0.25, 0.3) is 0 Å². The number of phenols is 1. The van der Waals surface area contributed by atoms with Crippen LogP contribution in [0, 0.1) is 0 Å². The van der Waals surface area contributed by atoms with E-state index in [1.807, 2.05) is 6.07 Å². The second-order valence-electron chi connectivity index (χ2n) is 8.44. The fourth-order valence-electron chi connectivity index (χ4n) is 4.02. The molecule has 5 nitrogen and oxygen atoms in total. The first-order valence-electron chi connectivity index (χ1n) is 9.34. The Bertz CT molecular complexity index is 632. The molecule has 1 amide bonds. The molecule has 3 rings (SSSR count). The highest BCUT2D eigenvalue weighted by Crippen LogP contribution is 2.30. The van der Waals surface area contributed by atoms with Gasteiger partial charge in [-0.1, -0.05) is 26.8 Å². The van der Waals surface area contributed by atoms with Crippen molar-refractivity contribution in [2.45, 2.75) is 70.1 Å². The predicted molar refractivity (Wildman–Crippen MR) is 97.9 cm³/mol. The van der Waals surface area contributed by atoms with E-state index in [2.05, 4.69) is 31.0 Å². The van der Waals surface area contributed by atoms with Crippen LogP contribution in [-0.4, -0.2) is 52.3 Å². The molecule has 1 aromatic carbocycles. The third kappa shape index (κ3) is 3.82. The van der Waals surface area contributed by atoms with Crippen LogP contribution in [0.15, 0.2) is 18.2 Å². The van der Waals surface area contributed by atoms with Gasteiger partial charge in [0.15, 0.2) is 0 Å². The minimum Gasteiger partial charge on any atom is -0.507 e. The lowest BCUT2D eigenvalue weighted by Gasteiger charge is -2.28. The van der Waals surface area contributed by atoms with Crippen LogP contribution in [0.1, 0.15) is 62.4 Å². The monoisotopic (exact) mass is 346 g/mol. The second-order valence-corrected chi connectivity index (χ2v) is 8.44. The van der Waals surface area contributed by atoms with Crippen molar-refractivity contribution >= 4 is 5.91 Å².